The van der Waals surface area contributed by atoms with Crippen molar-refractivity contribution in [3.05, 3.63) is 95.3 Å². The number of hydrogen-bond donors (Lipinski definition) is 0. The molecule has 30 heavy (non-hydrogen) atoms. The fourth-order valence-electron chi connectivity index (χ4n) is 4.02. The lowest BCUT2D eigenvalue weighted by atomic mass is 9.95. The second-order valence-corrected chi connectivity index (χ2v) is 8.10. The predicted molar refractivity (Wildman–Crippen MR) is 125 cm³/mol. The molecule has 0 aliphatic carbocycles. The first-order chi connectivity index (χ1) is 14.6. The molecule has 2 aromatic carbocycles. The monoisotopic (exact) mass is 402 g/mol. The summed E-state index contributed by atoms with van der Waals surface area (Å²) in [5.74, 6) is 0.156. The molecule has 1 heterocycles. The number of aryl methyl sites for hydroxylation is 1. The van der Waals surface area contributed by atoms with Crippen LogP contribution in [-0.4, -0.2) is 21.9 Å². The molecule has 3 heteroatoms. The minimum absolute atomic E-state index is 0.0803. The molecule has 1 aromatic heterocycles. The van der Waals surface area contributed by atoms with Crippen molar-refractivity contribution in [1.82, 2.24) is 9.47 Å². The van der Waals surface area contributed by atoms with Crippen LogP contribution in [0.2, 0.25) is 0 Å². The van der Waals surface area contributed by atoms with E-state index in [9.17, 15) is 4.79 Å². The van der Waals surface area contributed by atoms with E-state index in [1.54, 1.807) is 0 Å². The molecule has 0 radical (unpaired) electrons. The van der Waals surface area contributed by atoms with Crippen molar-refractivity contribution in [2.45, 2.75) is 59.0 Å². The molecule has 0 saturated carbocycles. The fourth-order valence-corrected chi connectivity index (χ4v) is 4.02. The largest absolute Gasteiger partial charge is 0.345 e. The summed E-state index contributed by atoms with van der Waals surface area (Å²) >= 11 is 0. The third-order valence-electron chi connectivity index (χ3n) is 5.71. The highest BCUT2D eigenvalue weighted by Crippen LogP contribution is 2.24. The zero-order chi connectivity index (χ0) is 21.3. The van der Waals surface area contributed by atoms with Gasteiger partial charge in [0.15, 0.2) is 0 Å². The van der Waals surface area contributed by atoms with E-state index in [-0.39, 0.29) is 11.8 Å². The molecule has 3 rings (SSSR count). The zero-order valence-electron chi connectivity index (χ0n) is 18.6. The number of hydrogen-bond acceptors (Lipinski definition) is 1. The second-order valence-electron chi connectivity index (χ2n) is 8.10. The van der Waals surface area contributed by atoms with Crippen LogP contribution >= 0.6 is 0 Å². The van der Waals surface area contributed by atoms with Crippen LogP contribution in [-0.2, 0) is 17.9 Å². The molecule has 1 amide bonds. The highest BCUT2D eigenvalue weighted by molar-refractivity contribution is 5.83. The maximum absolute atomic E-state index is 13.5. The van der Waals surface area contributed by atoms with Crippen LogP contribution in [0.15, 0.2) is 72.9 Å². The first-order valence-corrected chi connectivity index (χ1v) is 11.2. The number of aromatic nitrogens is 1. The van der Waals surface area contributed by atoms with Gasteiger partial charge < -0.3 is 9.47 Å². The Kier molecular flexibility index (Phi) is 7.89. The highest BCUT2D eigenvalue weighted by Gasteiger charge is 2.25. The molecule has 0 bridgehead atoms. The molecule has 0 aliphatic rings. The summed E-state index contributed by atoms with van der Waals surface area (Å²) in [5, 5.41) is 0. The molecule has 1 atom stereocenters. The van der Waals surface area contributed by atoms with Gasteiger partial charge in [0.05, 0.1) is 12.5 Å². The average Bonchev–Trinajstić information content (AvgIpc) is 3.18. The number of carbonyl (C=O) groups is 1. The molecule has 3 aromatic rings. The Balaban J connectivity index is 1.80. The second kappa shape index (κ2) is 10.8. The van der Waals surface area contributed by atoms with Gasteiger partial charge in [0, 0.05) is 25.0 Å². The van der Waals surface area contributed by atoms with E-state index >= 15 is 0 Å². The Hall–Kier alpha value is -2.81. The third kappa shape index (κ3) is 5.63. The standard InChI is InChI=1S/C27H34N2O/c1-4-6-17-29(27(30)26(5-2)24-14-8-7-9-15-24)21-25-16-11-18-28(25)20-23-13-10-12-22(3)19-23/h7-16,18-19,26H,4-6,17,20-21H2,1-3H3/t26-/m0/s1. The summed E-state index contributed by atoms with van der Waals surface area (Å²) in [6, 6.07) is 23.1. The summed E-state index contributed by atoms with van der Waals surface area (Å²) in [6.45, 7) is 8.69. The van der Waals surface area contributed by atoms with Gasteiger partial charge in [-0.1, -0.05) is 80.4 Å². The summed E-state index contributed by atoms with van der Waals surface area (Å²) in [5.41, 5.74) is 4.86. The van der Waals surface area contributed by atoms with Gasteiger partial charge in [-0.3, -0.25) is 4.79 Å². The van der Waals surface area contributed by atoms with Crippen LogP contribution in [0.25, 0.3) is 0 Å². The molecule has 3 nitrogen and oxygen atoms in total. The topological polar surface area (TPSA) is 25.2 Å². The highest BCUT2D eigenvalue weighted by atomic mass is 16.2. The quantitative estimate of drug-likeness (QED) is 0.398. The molecular formula is C27H34N2O. The van der Waals surface area contributed by atoms with Gasteiger partial charge in [-0.05, 0) is 43.0 Å². The van der Waals surface area contributed by atoms with Gasteiger partial charge in [-0.15, -0.1) is 0 Å². The van der Waals surface area contributed by atoms with Gasteiger partial charge in [0.25, 0.3) is 0 Å². The van der Waals surface area contributed by atoms with Gasteiger partial charge >= 0.3 is 0 Å². The zero-order valence-corrected chi connectivity index (χ0v) is 18.6. The summed E-state index contributed by atoms with van der Waals surface area (Å²) in [7, 11) is 0. The van der Waals surface area contributed by atoms with Gasteiger partial charge in [-0.25, -0.2) is 0 Å². The molecule has 0 spiro atoms. The Bertz CT molecular complexity index is 929. The Morgan fingerprint density at radius 1 is 1.00 bits per heavy atom. The summed E-state index contributed by atoms with van der Waals surface area (Å²) < 4.78 is 2.27. The minimum Gasteiger partial charge on any atom is -0.345 e. The van der Waals surface area contributed by atoms with Crippen molar-refractivity contribution in [2.24, 2.45) is 0 Å². The number of amides is 1. The van der Waals surface area contributed by atoms with Crippen molar-refractivity contribution < 1.29 is 4.79 Å². The average molecular weight is 403 g/mol. The van der Waals surface area contributed by atoms with E-state index in [4.69, 9.17) is 0 Å². The molecule has 0 unspecified atom stereocenters. The molecule has 0 fully saturated rings. The lowest BCUT2D eigenvalue weighted by Gasteiger charge is -2.28. The van der Waals surface area contributed by atoms with E-state index in [1.165, 1.54) is 16.8 Å². The lowest BCUT2D eigenvalue weighted by Crippen LogP contribution is -2.36. The van der Waals surface area contributed by atoms with Crippen LogP contribution in [0.4, 0.5) is 0 Å². The molecular weight excluding hydrogens is 368 g/mol. The Labute approximate surface area is 181 Å². The molecule has 158 valence electrons. The SMILES string of the molecule is CCCCN(Cc1cccn1Cc1cccc(C)c1)C(=O)[C@@H](CC)c1ccccc1. The smallest absolute Gasteiger partial charge is 0.230 e. The molecule has 0 saturated heterocycles. The summed E-state index contributed by atoms with van der Waals surface area (Å²) in [4.78, 5) is 15.6. The van der Waals surface area contributed by atoms with Crippen LogP contribution < -0.4 is 0 Å². The lowest BCUT2D eigenvalue weighted by molar-refractivity contribution is -0.133. The van der Waals surface area contributed by atoms with Crippen molar-refractivity contribution in [3.63, 3.8) is 0 Å². The van der Waals surface area contributed by atoms with Crippen molar-refractivity contribution in [3.8, 4) is 0 Å². The van der Waals surface area contributed by atoms with E-state index in [1.807, 2.05) is 18.2 Å². The van der Waals surface area contributed by atoms with Crippen molar-refractivity contribution >= 4 is 5.91 Å². The number of rotatable bonds is 10. The number of carbonyl (C=O) groups excluding carboxylic acids is 1. The predicted octanol–water partition coefficient (Wildman–Crippen LogP) is 6.17. The van der Waals surface area contributed by atoms with Crippen molar-refractivity contribution in [2.75, 3.05) is 6.54 Å². The molecule has 0 N–H and O–H groups in total. The number of nitrogens with zero attached hydrogens (tertiary/aromatic N) is 2. The van der Waals surface area contributed by atoms with Crippen LogP contribution in [0.1, 0.15) is 61.4 Å². The van der Waals surface area contributed by atoms with Crippen LogP contribution in [0.5, 0.6) is 0 Å². The van der Waals surface area contributed by atoms with E-state index in [0.29, 0.717) is 6.54 Å². The fraction of sp³-hybridized carbons (Fsp3) is 0.370. The van der Waals surface area contributed by atoms with Crippen molar-refractivity contribution in [1.29, 1.82) is 0 Å². The first-order valence-electron chi connectivity index (χ1n) is 11.2. The minimum atomic E-state index is -0.0803. The Morgan fingerprint density at radius 2 is 1.80 bits per heavy atom. The van der Waals surface area contributed by atoms with Crippen LogP contribution in [0.3, 0.4) is 0 Å². The van der Waals surface area contributed by atoms with E-state index in [0.717, 1.165) is 37.9 Å². The molecule has 0 aliphatic heterocycles. The third-order valence-corrected chi connectivity index (χ3v) is 5.71. The summed E-state index contributed by atoms with van der Waals surface area (Å²) in [6.07, 6.45) is 5.04. The van der Waals surface area contributed by atoms with Gasteiger partial charge in [-0.2, -0.15) is 0 Å². The van der Waals surface area contributed by atoms with Gasteiger partial charge in [0.2, 0.25) is 5.91 Å². The number of unbranched alkanes of at least 4 members (excludes halogenated alkanes) is 1. The Morgan fingerprint density at radius 3 is 2.50 bits per heavy atom. The normalized spacial score (nSPS) is 12.0. The van der Waals surface area contributed by atoms with Crippen LogP contribution in [0, 0.1) is 6.92 Å². The maximum Gasteiger partial charge on any atom is 0.230 e. The van der Waals surface area contributed by atoms with E-state index in [2.05, 4.69) is 85.0 Å². The maximum atomic E-state index is 13.5. The van der Waals surface area contributed by atoms with E-state index < -0.39 is 0 Å². The first kappa shape index (κ1) is 21.9. The van der Waals surface area contributed by atoms with Gasteiger partial charge in [0.1, 0.15) is 0 Å². The number of benzene rings is 2.